The standard InChI is InChI=1S/C17H32FNO4/c1-13(18)9-10-14(22-16(2,3)4)19(11-12-21-8)15(20)23-17(5,6)7/h9,14H,10-12H2,1-8H3/b13-9+. The summed E-state index contributed by atoms with van der Waals surface area (Å²) in [6.07, 6.45) is 0.503. The highest BCUT2D eigenvalue weighted by atomic mass is 19.1. The van der Waals surface area contributed by atoms with Crippen molar-refractivity contribution in [3.05, 3.63) is 11.9 Å². The van der Waals surface area contributed by atoms with Gasteiger partial charge in [-0.2, -0.15) is 0 Å². The van der Waals surface area contributed by atoms with Gasteiger partial charge in [-0.1, -0.05) is 0 Å². The maximum absolute atomic E-state index is 13.1. The van der Waals surface area contributed by atoms with Crippen LogP contribution in [-0.2, 0) is 14.2 Å². The van der Waals surface area contributed by atoms with Crippen molar-refractivity contribution in [2.45, 2.75) is 72.3 Å². The van der Waals surface area contributed by atoms with Gasteiger partial charge in [0.1, 0.15) is 11.8 Å². The first-order chi connectivity index (χ1) is 10.4. The molecular weight excluding hydrogens is 301 g/mol. The van der Waals surface area contributed by atoms with Crippen molar-refractivity contribution in [1.29, 1.82) is 0 Å². The normalized spacial score (nSPS) is 14.6. The van der Waals surface area contributed by atoms with Crippen LogP contribution in [-0.4, -0.2) is 48.7 Å². The molecular formula is C17H32FNO4. The van der Waals surface area contributed by atoms with Crippen LogP contribution in [0, 0.1) is 0 Å². The molecule has 0 aromatic rings. The van der Waals surface area contributed by atoms with Gasteiger partial charge in [-0.3, -0.25) is 4.90 Å². The Morgan fingerprint density at radius 3 is 2.13 bits per heavy atom. The maximum Gasteiger partial charge on any atom is 0.412 e. The maximum atomic E-state index is 13.1. The zero-order valence-electron chi connectivity index (χ0n) is 15.7. The number of carbonyl (C=O) groups is 1. The van der Waals surface area contributed by atoms with Crippen LogP contribution in [0.3, 0.4) is 0 Å². The molecule has 136 valence electrons. The van der Waals surface area contributed by atoms with E-state index in [1.807, 2.05) is 20.8 Å². The molecule has 0 rings (SSSR count). The molecule has 5 nitrogen and oxygen atoms in total. The van der Waals surface area contributed by atoms with Gasteiger partial charge < -0.3 is 14.2 Å². The Kier molecular flexibility index (Phi) is 8.77. The van der Waals surface area contributed by atoms with E-state index in [0.717, 1.165) is 0 Å². The minimum absolute atomic E-state index is 0.239. The van der Waals surface area contributed by atoms with Crippen molar-refractivity contribution in [3.63, 3.8) is 0 Å². The zero-order valence-corrected chi connectivity index (χ0v) is 15.7. The van der Waals surface area contributed by atoms with Gasteiger partial charge in [0.05, 0.1) is 18.0 Å². The van der Waals surface area contributed by atoms with Crippen LogP contribution >= 0.6 is 0 Å². The number of ether oxygens (including phenoxy) is 3. The molecule has 1 amide bonds. The van der Waals surface area contributed by atoms with Crippen LogP contribution in [0.4, 0.5) is 9.18 Å². The van der Waals surface area contributed by atoms with E-state index in [1.54, 1.807) is 27.9 Å². The fourth-order valence-corrected chi connectivity index (χ4v) is 1.77. The summed E-state index contributed by atoms with van der Waals surface area (Å²) in [6, 6.07) is 0. The average molecular weight is 333 g/mol. The summed E-state index contributed by atoms with van der Waals surface area (Å²) >= 11 is 0. The molecule has 6 heteroatoms. The molecule has 0 bridgehead atoms. The van der Waals surface area contributed by atoms with E-state index >= 15 is 0 Å². The molecule has 0 saturated heterocycles. The van der Waals surface area contributed by atoms with Gasteiger partial charge in [0.15, 0.2) is 0 Å². The van der Waals surface area contributed by atoms with Crippen LogP contribution < -0.4 is 0 Å². The molecule has 0 spiro atoms. The largest absolute Gasteiger partial charge is 0.444 e. The van der Waals surface area contributed by atoms with Crippen LogP contribution in [0.25, 0.3) is 0 Å². The van der Waals surface area contributed by atoms with Gasteiger partial charge in [0.2, 0.25) is 0 Å². The number of methoxy groups -OCH3 is 1. The summed E-state index contributed by atoms with van der Waals surface area (Å²) in [7, 11) is 1.55. The highest BCUT2D eigenvalue weighted by Crippen LogP contribution is 2.20. The van der Waals surface area contributed by atoms with Crippen molar-refractivity contribution >= 4 is 6.09 Å². The van der Waals surface area contributed by atoms with Gasteiger partial charge >= 0.3 is 6.09 Å². The highest BCUT2D eigenvalue weighted by molar-refractivity contribution is 5.68. The van der Waals surface area contributed by atoms with E-state index in [1.165, 1.54) is 17.9 Å². The Bertz CT molecular complexity index is 392. The molecule has 0 heterocycles. The van der Waals surface area contributed by atoms with E-state index in [4.69, 9.17) is 14.2 Å². The molecule has 0 aromatic heterocycles. The smallest absolute Gasteiger partial charge is 0.412 e. The summed E-state index contributed by atoms with van der Waals surface area (Å²) < 4.78 is 29.6. The van der Waals surface area contributed by atoms with Crippen molar-refractivity contribution in [2.75, 3.05) is 20.3 Å². The topological polar surface area (TPSA) is 48.0 Å². The molecule has 0 radical (unpaired) electrons. The molecule has 0 saturated carbocycles. The zero-order chi connectivity index (χ0) is 18.3. The number of nitrogens with zero attached hydrogens (tertiary/aromatic N) is 1. The predicted molar refractivity (Wildman–Crippen MR) is 88.9 cm³/mol. The second-order valence-electron chi connectivity index (χ2n) is 7.38. The van der Waals surface area contributed by atoms with E-state index in [0.29, 0.717) is 13.2 Å². The number of allylic oxidation sites excluding steroid dienone is 1. The first-order valence-electron chi connectivity index (χ1n) is 7.84. The Labute approximate surface area is 139 Å². The number of hydrogen-bond acceptors (Lipinski definition) is 4. The number of amides is 1. The van der Waals surface area contributed by atoms with Crippen molar-refractivity contribution in [3.8, 4) is 0 Å². The van der Waals surface area contributed by atoms with Crippen molar-refractivity contribution in [1.82, 2.24) is 4.90 Å². The second kappa shape index (κ2) is 9.23. The van der Waals surface area contributed by atoms with Crippen LogP contribution in [0.1, 0.15) is 54.9 Å². The first kappa shape index (κ1) is 21.9. The molecule has 1 unspecified atom stereocenters. The summed E-state index contributed by atoms with van der Waals surface area (Å²) in [5.74, 6) is -0.316. The van der Waals surface area contributed by atoms with Crippen LogP contribution in [0.2, 0.25) is 0 Å². The van der Waals surface area contributed by atoms with Crippen LogP contribution in [0.15, 0.2) is 11.9 Å². The third-order valence-electron chi connectivity index (χ3n) is 2.60. The first-order valence-corrected chi connectivity index (χ1v) is 7.84. The molecule has 0 fully saturated rings. The molecule has 23 heavy (non-hydrogen) atoms. The summed E-state index contributed by atoms with van der Waals surface area (Å²) in [5.41, 5.74) is -1.11. The lowest BCUT2D eigenvalue weighted by Crippen LogP contribution is -2.48. The minimum Gasteiger partial charge on any atom is -0.444 e. The lowest BCUT2D eigenvalue weighted by atomic mass is 10.2. The molecule has 0 aliphatic heterocycles. The van der Waals surface area contributed by atoms with Gasteiger partial charge in [-0.25, -0.2) is 9.18 Å². The Morgan fingerprint density at radius 2 is 1.74 bits per heavy atom. The van der Waals surface area contributed by atoms with Gasteiger partial charge in [-0.15, -0.1) is 0 Å². The second-order valence-corrected chi connectivity index (χ2v) is 7.38. The lowest BCUT2D eigenvalue weighted by molar-refractivity contribution is -0.130. The van der Waals surface area contributed by atoms with Gasteiger partial charge in [0.25, 0.3) is 0 Å². The fraction of sp³-hybridized carbons (Fsp3) is 0.824. The molecule has 0 aliphatic rings. The average Bonchev–Trinajstić information content (AvgIpc) is 2.32. The number of rotatable bonds is 7. The van der Waals surface area contributed by atoms with Crippen molar-refractivity contribution < 1.29 is 23.4 Å². The van der Waals surface area contributed by atoms with E-state index < -0.39 is 23.5 Å². The predicted octanol–water partition coefficient (Wildman–Crippen LogP) is 4.27. The fourth-order valence-electron chi connectivity index (χ4n) is 1.77. The SMILES string of the molecule is COCCN(C(=O)OC(C)(C)C)C(C/C=C(\C)F)OC(C)(C)C. The lowest BCUT2D eigenvalue weighted by Gasteiger charge is -2.36. The van der Waals surface area contributed by atoms with Crippen molar-refractivity contribution in [2.24, 2.45) is 0 Å². The number of halogens is 1. The summed E-state index contributed by atoms with van der Waals surface area (Å²) in [6.45, 7) is 13.0. The minimum atomic E-state index is -0.634. The van der Waals surface area contributed by atoms with E-state index in [9.17, 15) is 9.18 Å². The summed E-state index contributed by atoms with van der Waals surface area (Å²) in [4.78, 5) is 13.9. The molecule has 1 atom stereocenters. The van der Waals surface area contributed by atoms with Crippen LogP contribution in [0.5, 0.6) is 0 Å². The van der Waals surface area contributed by atoms with E-state index in [-0.39, 0.29) is 12.2 Å². The van der Waals surface area contributed by atoms with Gasteiger partial charge in [-0.05, 0) is 54.5 Å². The monoisotopic (exact) mass is 333 g/mol. The third-order valence-corrected chi connectivity index (χ3v) is 2.60. The van der Waals surface area contributed by atoms with E-state index in [2.05, 4.69) is 0 Å². The molecule has 0 aromatic carbocycles. The third kappa shape index (κ3) is 11.1. The quantitative estimate of drug-likeness (QED) is 0.653. The number of hydrogen-bond donors (Lipinski definition) is 0. The highest BCUT2D eigenvalue weighted by Gasteiger charge is 2.31. The Hall–Kier alpha value is -1.14. The number of carbonyl (C=O) groups excluding carboxylic acids is 1. The molecule has 0 N–H and O–H groups in total. The Balaban J connectivity index is 5.33. The Morgan fingerprint density at radius 1 is 1.17 bits per heavy atom. The summed E-state index contributed by atoms with van der Waals surface area (Å²) in [5, 5.41) is 0. The van der Waals surface area contributed by atoms with Gasteiger partial charge in [0, 0.05) is 20.1 Å². The molecule has 0 aliphatic carbocycles.